The molecule has 0 saturated carbocycles. The fraction of sp³-hybridized carbons (Fsp3) is 0.500. The third-order valence-corrected chi connectivity index (χ3v) is 4.55. The molecule has 3 rings (SSSR count). The van der Waals surface area contributed by atoms with Crippen molar-refractivity contribution in [1.29, 1.82) is 0 Å². The maximum Gasteiger partial charge on any atom is 0.0708 e. The topological polar surface area (TPSA) is 28.2 Å². The molecule has 1 fully saturated rings. The van der Waals surface area contributed by atoms with E-state index >= 15 is 0 Å². The molecule has 1 aliphatic rings. The van der Waals surface area contributed by atoms with E-state index in [0.29, 0.717) is 6.04 Å². The second-order valence-electron chi connectivity index (χ2n) is 6.03. The lowest BCUT2D eigenvalue weighted by atomic mass is 10.0. The number of hydrogen-bond donors (Lipinski definition) is 1. The van der Waals surface area contributed by atoms with E-state index < -0.39 is 0 Å². The molecule has 21 heavy (non-hydrogen) atoms. The van der Waals surface area contributed by atoms with Gasteiger partial charge in [0.1, 0.15) is 0 Å². The Hall–Kier alpha value is -1.45. The molecule has 2 aromatic rings. The number of benzene rings is 1. The number of nitrogens with zero attached hydrogens (tertiary/aromatic N) is 2. The minimum atomic E-state index is 0.653. The van der Waals surface area contributed by atoms with E-state index in [1.54, 1.807) is 0 Å². The van der Waals surface area contributed by atoms with E-state index in [1.165, 1.54) is 43.4 Å². The Morgan fingerprint density at radius 2 is 2.00 bits per heavy atom. The summed E-state index contributed by atoms with van der Waals surface area (Å²) in [6.07, 6.45) is 2.52. The van der Waals surface area contributed by atoms with Gasteiger partial charge >= 0.3 is 0 Å². The average Bonchev–Trinajstić information content (AvgIpc) is 2.53. The summed E-state index contributed by atoms with van der Waals surface area (Å²) in [4.78, 5) is 7.15. The SMILES string of the molecule is CCN1CCC(NCc2cc(C)nc3ccccc23)CC1. The summed E-state index contributed by atoms with van der Waals surface area (Å²) < 4.78 is 0. The molecule has 0 spiro atoms. The molecule has 1 N–H and O–H groups in total. The van der Waals surface area contributed by atoms with Crippen LogP contribution in [-0.2, 0) is 6.54 Å². The summed E-state index contributed by atoms with van der Waals surface area (Å²) in [6.45, 7) is 8.91. The van der Waals surface area contributed by atoms with Crippen molar-refractivity contribution < 1.29 is 0 Å². The van der Waals surface area contributed by atoms with Crippen LogP contribution in [0.25, 0.3) is 10.9 Å². The average molecular weight is 283 g/mol. The number of hydrogen-bond acceptors (Lipinski definition) is 3. The van der Waals surface area contributed by atoms with Crippen LogP contribution in [0.15, 0.2) is 30.3 Å². The Bertz CT molecular complexity index is 600. The second kappa shape index (κ2) is 6.54. The Kier molecular flexibility index (Phi) is 4.51. The normalized spacial score (nSPS) is 17.4. The Morgan fingerprint density at radius 3 is 2.76 bits per heavy atom. The molecule has 0 amide bonds. The number of likely N-dealkylation sites (tertiary alicyclic amines) is 1. The first kappa shape index (κ1) is 14.5. The highest BCUT2D eigenvalue weighted by Crippen LogP contribution is 2.19. The number of aryl methyl sites for hydroxylation is 1. The highest BCUT2D eigenvalue weighted by molar-refractivity contribution is 5.82. The standard InChI is InChI=1S/C18H25N3/c1-3-21-10-8-16(9-11-21)19-13-15-12-14(2)20-18-7-5-4-6-17(15)18/h4-7,12,16,19H,3,8-11,13H2,1-2H3. The molecule has 0 atom stereocenters. The lowest BCUT2D eigenvalue weighted by Crippen LogP contribution is -2.42. The highest BCUT2D eigenvalue weighted by Gasteiger charge is 2.17. The van der Waals surface area contributed by atoms with Crippen LogP contribution in [0.3, 0.4) is 0 Å². The minimum absolute atomic E-state index is 0.653. The van der Waals surface area contributed by atoms with Gasteiger partial charge in [0.05, 0.1) is 5.52 Å². The van der Waals surface area contributed by atoms with Crippen LogP contribution in [0.1, 0.15) is 31.0 Å². The molecular formula is C18H25N3. The van der Waals surface area contributed by atoms with Crippen molar-refractivity contribution in [2.75, 3.05) is 19.6 Å². The zero-order valence-corrected chi connectivity index (χ0v) is 13.1. The lowest BCUT2D eigenvalue weighted by molar-refractivity contribution is 0.206. The molecule has 112 valence electrons. The third kappa shape index (κ3) is 3.42. The van der Waals surface area contributed by atoms with Gasteiger partial charge in [0, 0.05) is 23.7 Å². The Balaban J connectivity index is 1.68. The van der Waals surface area contributed by atoms with Crippen LogP contribution < -0.4 is 5.32 Å². The van der Waals surface area contributed by atoms with Gasteiger partial charge in [-0.15, -0.1) is 0 Å². The van der Waals surface area contributed by atoms with Crippen LogP contribution in [0.5, 0.6) is 0 Å². The van der Waals surface area contributed by atoms with Gasteiger partial charge in [-0.05, 0) is 57.1 Å². The number of para-hydroxylation sites is 1. The first-order valence-electron chi connectivity index (χ1n) is 8.07. The predicted molar refractivity (Wildman–Crippen MR) is 88.5 cm³/mol. The lowest BCUT2D eigenvalue weighted by Gasteiger charge is -2.31. The Labute approximate surface area is 127 Å². The van der Waals surface area contributed by atoms with Crippen LogP contribution in [0.4, 0.5) is 0 Å². The first-order chi connectivity index (χ1) is 10.3. The van der Waals surface area contributed by atoms with Crippen molar-refractivity contribution in [3.63, 3.8) is 0 Å². The predicted octanol–water partition coefficient (Wildman–Crippen LogP) is 3.12. The molecule has 1 saturated heterocycles. The molecule has 2 heterocycles. The fourth-order valence-electron chi connectivity index (χ4n) is 3.25. The molecule has 0 radical (unpaired) electrons. The molecular weight excluding hydrogens is 258 g/mol. The van der Waals surface area contributed by atoms with Crippen molar-refractivity contribution in [3.05, 3.63) is 41.6 Å². The van der Waals surface area contributed by atoms with Gasteiger partial charge in [-0.3, -0.25) is 4.98 Å². The zero-order valence-electron chi connectivity index (χ0n) is 13.1. The zero-order chi connectivity index (χ0) is 14.7. The largest absolute Gasteiger partial charge is 0.310 e. The first-order valence-corrected chi connectivity index (χ1v) is 8.07. The van der Waals surface area contributed by atoms with Crippen molar-refractivity contribution in [3.8, 4) is 0 Å². The second-order valence-corrected chi connectivity index (χ2v) is 6.03. The highest BCUT2D eigenvalue weighted by atomic mass is 15.1. The summed E-state index contributed by atoms with van der Waals surface area (Å²) in [5.74, 6) is 0. The van der Waals surface area contributed by atoms with E-state index in [2.05, 4.69) is 59.4 Å². The summed E-state index contributed by atoms with van der Waals surface area (Å²) in [6, 6.07) is 11.3. The third-order valence-electron chi connectivity index (χ3n) is 4.55. The Morgan fingerprint density at radius 1 is 1.24 bits per heavy atom. The van der Waals surface area contributed by atoms with Gasteiger partial charge in [-0.25, -0.2) is 0 Å². The van der Waals surface area contributed by atoms with Crippen molar-refractivity contribution >= 4 is 10.9 Å². The number of pyridine rings is 1. The minimum Gasteiger partial charge on any atom is -0.310 e. The maximum absolute atomic E-state index is 4.62. The van der Waals surface area contributed by atoms with Crippen LogP contribution >= 0.6 is 0 Å². The van der Waals surface area contributed by atoms with Gasteiger partial charge in [0.25, 0.3) is 0 Å². The van der Waals surface area contributed by atoms with Crippen LogP contribution in [0, 0.1) is 6.92 Å². The molecule has 3 nitrogen and oxygen atoms in total. The number of rotatable bonds is 4. The molecule has 0 unspecified atom stereocenters. The van der Waals surface area contributed by atoms with Crippen LogP contribution in [-0.4, -0.2) is 35.6 Å². The molecule has 0 aliphatic carbocycles. The van der Waals surface area contributed by atoms with E-state index in [4.69, 9.17) is 0 Å². The fourth-order valence-corrected chi connectivity index (χ4v) is 3.25. The van der Waals surface area contributed by atoms with Gasteiger partial charge in [0.2, 0.25) is 0 Å². The van der Waals surface area contributed by atoms with Gasteiger partial charge < -0.3 is 10.2 Å². The van der Waals surface area contributed by atoms with E-state index in [-0.39, 0.29) is 0 Å². The van der Waals surface area contributed by atoms with E-state index in [9.17, 15) is 0 Å². The number of nitrogens with one attached hydrogen (secondary N) is 1. The summed E-state index contributed by atoms with van der Waals surface area (Å²) in [7, 11) is 0. The maximum atomic E-state index is 4.62. The molecule has 1 aromatic heterocycles. The quantitative estimate of drug-likeness (QED) is 0.934. The van der Waals surface area contributed by atoms with Crippen molar-refractivity contribution in [2.24, 2.45) is 0 Å². The number of fused-ring (bicyclic) bond motifs is 1. The smallest absolute Gasteiger partial charge is 0.0708 e. The van der Waals surface area contributed by atoms with Gasteiger partial charge in [0.15, 0.2) is 0 Å². The van der Waals surface area contributed by atoms with Gasteiger partial charge in [-0.1, -0.05) is 25.1 Å². The summed E-state index contributed by atoms with van der Waals surface area (Å²) >= 11 is 0. The van der Waals surface area contributed by atoms with Crippen molar-refractivity contribution in [2.45, 2.75) is 39.3 Å². The van der Waals surface area contributed by atoms with E-state index in [1.807, 2.05) is 0 Å². The molecule has 1 aliphatic heterocycles. The molecule has 1 aromatic carbocycles. The summed E-state index contributed by atoms with van der Waals surface area (Å²) in [5, 5.41) is 5.03. The monoisotopic (exact) mass is 283 g/mol. The number of piperidine rings is 1. The number of aromatic nitrogens is 1. The van der Waals surface area contributed by atoms with E-state index in [0.717, 1.165) is 17.8 Å². The van der Waals surface area contributed by atoms with Crippen LogP contribution in [0.2, 0.25) is 0 Å². The molecule has 3 heteroatoms. The van der Waals surface area contributed by atoms with Crippen molar-refractivity contribution in [1.82, 2.24) is 15.2 Å². The van der Waals surface area contributed by atoms with Gasteiger partial charge in [-0.2, -0.15) is 0 Å². The summed E-state index contributed by atoms with van der Waals surface area (Å²) in [5.41, 5.74) is 3.58. The molecule has 0 bridgehead atoms.